The van der Waals surface area contributed by atoms with E-state index in [-0.39, 0.29) is 16.5 Å². The second-order valence-electron chi connectivity index (χ2n) is 6.96. The van der Waals surface area contributed by atoms with Crippen LogP contribution in [0.2, 0.25) is 0 Å². The van der Waals surface area contributed by atoms with Crippen LogP contribution in [0, 0.1) is 11.7 Å². The Morgan fingerprint density at radius 3 is 2.62 bits per heavy atom. The van der Waals surface area contributed by atoms with Crippen LogP contribution in [0.15, 0.2) is 18.2 Å². The molecule has 2 nitrogen and oxygen atoms in total. The highest BCUT2D eigenvalue weighted by Crippen LogP contribution is 2.31. The van der Waals surface area contributed by atoms with Gasteiger partial charge in [-0.1, -0.05) is 6.92 Å². The van der Waals surface area contributed by atoms with Crippen LogP contribution in [-0.4, -0.2) is 21.3 Å². The molecule has 0 radical (unpaired) electrons. The topological polar surface area (TPSA) is 26.3 Å². The molecule has 0 saturated heterocycles. The number of rotatable bonds is 6. The molecule has 0 aliphatic heterocycles. The summed E-state index contributed by atoms with van der Waals surface area (Å²) in [7, 11) is -0.991. The molecule has 21 heavy (non-hydrogen) atoms. The van der Waals surface area contributed by atoms with Gasteiger partial charge < -0.3 is 4.74 Å². The summed E-state index contributed by atoms with van der Waals surface area (Å²) in [6.45, 7) is 8.48. The maximum Gasteiger partial charge on any atom is 0.126 e. The largest absolute Gasteiger partial charge is 0.493 e. The molecular formula is C17H25FO2S. The van der Waals surface area contributed by atoms with E-state index < -0.39 is 10.8 Å². The molecule has 0 spiro atoms. The van der Waals surface area contributed by atoms with Crippen LogP contribution in [0.4, 0.5) is 4.39 Å². The lowest BCUT2D eigenvalue weighted by atomic mass is 10.0. The fraction of sp³-hybridized carbons (Fsp3) is 0.647. The number of hydrogen-bond acceptors (Lipinski definition) is 2. The van der Waals surface area contributed by atoms with Crippen LogP contribution in [0.25, 0.3) is 0 Å². The van der Waals surface area contributed by atoms with Crippen molar-refractivity contribution in [1.82, 2.24) is 0 Å². The van der Waals surface area contributed by atoms with Crippen molar-refractivity contribution in [1.29, 1.82) is 0 Å². The SMILES string of the molecule is C[C@H](CS(=O)C(C)(C)C)c1cc(OCC2CC2)ccc1F. The minimum Gasteiger partial charge on any atom is -0.493 e. The second kappa shape index (κ2) is 6.47. The van der Waals surface area contributed by atoms with E-state index in [0.717, 1.165) is 0 Å². The first-order chi connectivity index (χ1) is 9.77. The summed E-state index contributed by atoms with van der Waals surface area (Å²) < 4.78 is 31.7. The Morgan fingerprint density at radius 2 is 2.05 bits per heavy atom. The van der Waals surface area contributed by atoms with Crippen LogP contribution in [0.5, 0.6) is 5.75 Å². The van der Waals surface area contributed by atoms with Gasteiger partial charge in [-0.05, 0) is 69.2 Å². The lowest BCUT2D eigenvalue weighted by Gasteiger charge is -2.21. The lowest BCUT2D eigenvalue weighted by Crippen LogP contribution is -2.26. The summed E-state index contributed by atoms with van der Waals surface area (Å²) in [6.07, 6.45) is 2.46. The molecular weight excluding hydrogens is 287 g/mol. The summed E-state index contributed by atoms with van der Waals surface area (Å²) in [5.41, 5.74) is 0.598. The highest BCUT2D eigenvalue weighted by molar-refractivity contribution is 7.86. The fourth-order valence-corrected chi connectivity index (χ4v) is 3.19. The van der Waals surface area contributed by atoms with Crippen molar-refractivity contribution >= 4 is 10.8 Å². The highest BCUT2D eigenvalue weighted by Gasteiger charge is 2.24. The zero-order valence-corrected chi connectivity index (χ0v) is 14.1. The first-order valence-electron chi connectivity index (χ1n) is 7.58. The summed E-state index contributed by atoms with van der Waals surface area (Å²) >= 11 is 0. The van der Waals surface area contributed by atoms with Gasteiger partial charge in [0.25, 0.3) is 0 Å². The molecule has 1 aliphatic carbocycles. The Hall–Kier alpha value is -0.900. The molecule has 1 saturated carbocycles. The van der Waals surface area contributed by atoms with Crippen molar-refractivity contribution in [2.75, 3.05) is 12.4 Å². The van der Waals surface area contributed by atoms with E-state index in [0.29, 0.717) is 29.6 Å². The molecule has 1 fully saturated rings. The van der Waals surface area contributed by atoms with Gasteiger partial charge in [0.2, 0.25) is 0 Å². The van der Waals surface area contributed by atoms with Crippen molar-refractivity contribution in [3.8, 4) is 5.75 Å². The average molecular weight is 312 g/mol. The predicted molar refractivity (Wildman–Crippen MR) is 85.8 cm³/mol. The molecule has 1 unspecified atom stereocenters. The Bertz CT molecular complexity index is 518. The van der Waals surface area contributed by atoms with Gasteiger partial charge in [-0.25, -0.2) is 4.39 Å². The van der Waals surface area contributed by atoms with Crippen LogP contribution in [0.1, 0.15) is 52.0 Å². The number of benzene rings is 1. The van der Waals surface area contributed by atoms with E-state index >= 15 is 0 Å². The number of halogens is 1. The van der Waals surface area contributed by atoms with E-state index in [1.807, 2.05) is 27.7 Å². The van der Waals surface area contributed by atoms with Gasteiger partial charge in [0.15, 0.2) is 0 Å². The Labute approximate surface area is 129 Å². The molecule has 1 aromatic carbocycles. The molecule has 0 heterocycles. The zero-order valence-electron chi connectivity index (χ0n) is 13.3. The Kier molecular flexibility index (Phi) is 5.07. The molecule has 0 N–H and O–H groups in total. The molecule has 0 amide bonds. The standard InChI is InChI=1S/C17H25FO2S/c1-12(11-21(19)17(2,3)4)15-9-14(7-8-16(15)18)20-10-13-5-6-13/h7-9,12-13H,5-6,10-11H2,1-4H3/t12-,21?/m1/s1. The molecule has 2 rings (SSSR count). The number of hydrogen-bond donors (Lipinski definition) is 0. The quantitative estimate of drug-likeness (QED) is 0.784. The van der Waals surface area contributed by atoms with Gasteiger partial charge in [0, 0.05) is 21.3 Å². The van der Waals surface area contributed by atoms with Crippen molar-refractivity contribution < 1.29 is 13.3 Å². The van der Waals surface area contributed by atoms with Gasteiger partial charge in [-0.2, -0.15) is 0 Å². The predicted octanol–water partition coefficient (Wildman–Crippen LogP) is 4.27. The summed E-state index contributed by atoms with van der Waals surface area (Å²) in [4.78, 5) is 0. The summed E-state index contributed by atoms with van der Waals surface area (Å²) in [6, 6.07) is 4.89. The van der Waals surface area contributed by atoms with Crippen molar-refractivity contribution in [2.45, 2.75) is 51.2 Å². The molecule has 0 bridgehead atoms. The smallest absolute Gasteiger partial charge is 0.126 e. The fourth-order valence-electron chi connectivity index (χ4n) is 2.05. The Morgan fingerprint density at radius 1 is 1.38 bits per heavy atom. The van der Waals surface area contributed by atoms with Crippen molar-refractivity contribution in [2.24, 2.45) is 5.92 Å². The van der Waals surface area contributed by atoms with E-state index in [2.05, 4.69) is 0 Å². The van der Waals surface area contributed by atoms with E-state index in [9.17, 15) is 8.60 Å². The minimum atomic E-state index is -0.991. The van der Waals surface area contributed by atoms with Crippen LogP contribution < -0.4 is 4.74 Å². The number of ether oxygens (including phenoxy) is 1. The van der Waals surface area contributed by atoms with Gasteiger partial charge >= 0.3 is 0 Å². The van der Waals surface area contributed by atoms with E-state index in [1.165, 1.54) is 18.9 Å². The minimum absolute atomic E-state index is 0.0884. The molecule has 2 atom stereocenters. The normalized spacial score (nSPS) is 18.3. The van der Waals surface area contributed by atoms with Gasteiger partial charge in [-0.15, -0.1) is 0 Å². The first-order valence-corrected chi connectivity index (χ1v) is 8.90. The van der Waals surface area contributed by atoms with Crippen LogP contribution in [0.3, 0.4) is 0 Å². The van der Waals surface area contributed by atoms with Crippen LogP contribution >= 0.6 is 0 Å². The molecule has 0 aromatic heterocycles. The third-order valence-corrected chi connectivity index (χ3v) is 5.93. The van der Waals surface area contributed by atoms with Crippen molar-refractivity contribution in [3.63, 3.8) is 0 Å². The summed E-state index contributed by atoms with van der Waals surface area (Å²) in [5, 5.41) is 0. The third-order valence-electron chi connectivity index (χ3n) is 3.77. The van der Waals surface area contributed by atoms with E-state index in [4.69, 9.17) is 4.74 Å². The highest BCUT2D eigenvalue weighted by atomic mass is 32.2. The van der Waals surface area contributed by atoms with Gasteiger partial charge in [0.1, 0.15) is 11.6 Å². The maximum absolute atomic E-state index is 14.0. The average Bonchev–Trinajstić information content (AvgIpc) is 3.20. The summed E-state index contributed by atoms with van der Waals surface area (Å²) in [5.74, 6) is 1.52. The molecule has 1 aromatic rings. The van der Waals surface area contributed by atoms with Gasteiger partial charge in [-0.3, -0.25) is 4.21 Å². The zero-order chi connectivity index (χ0) is 15.6. The molecule has 118 valence electrons. The second-order valence-corrected chi connectivity index (χ2v) is 9.21. The molecule has 1 aliphatic rings. The van der Waals surface area contributed by atoms with Gasteiger partial charge in [0.05, 0.1) is 6.61 Å². The maximum atomic E-state index is 14.0. The first kappa shape index (κ1) is 16.5. The monoisotopic (exact) mass is 312 g/mol. The van der Waals surface area contributed by atoms with Crippen molar-refractivity contribution in [3.05, 3.63) is 29.6 Å². The van der Waals surface area contributed by atoms with E-state index in [1.54, 1.807) is 12.1 Å². The van der Waals surface area contributed by atoms with Crippen LogP contribution in [-0.2, 0) is 10.8 Å². The lowest BCUT2D eigenvalue weighted by molar-refractivity contribution is 0.299. The third kappa shape index (κ3) is 4.80. The molecule has 4 heteroatoms. The Balaban J connectivity index is 2.05.